The van der Waals surface area contributed by atoms with Crippen molar-refractivity contribution in [3.05, 3.63) is 30.3 Å². The topological polar surface area (TPSA) is 55.6 Å². The van der Waals surface area contributed by atoms with Crippen molar-refractivity contribution < 1.29 is 9.53 Å². The number of benzene rings is 1. The maximum absolute atomic E-state index is 12.1. The average Bonchev–Trinajstić information content (AvgIpc) is 3.25. The van der Waals surface area contributed by atoms with Crippen LogP contribution in [0.5, 0.6) is 5.75 Å². The molecule has 4 heteroatoms. The van der Waals surface area contributed by atoms with E-state index in [9.17, 15) is 4.79 Å². The van der Waals surface area contributed by atoms with Crippen molar-refractivity contribution in [1.29, 1.82) is 0 Å². The minimum Gasteiger partial charge on any atom is -0.493 e. The van der Waals surface area contributed by atoms with Crippen molar-refractivity contribution in [2.24, 2.45) is 11.7 Å². The van der Waals surface area contributed by atoms with Crippen LogP contribution < -0.4 is 10.5 Å². The number of amides is 1. The zero-order valence-electron chi connectivity index (χ0n) is 11.4. The first kappa shape index (κ1) is 13.9. The van der Waals surface area contributed by atoms with Crippen LogP contribution in [-0.4, -0.2) is 37.0 Å². The Labute approximate surface area is 114 Å². The maximum atomic E-state index is 12.1. The summed E-state index contributed by atoms with van der Waals surface area (Å²) in [6.45, 7) is 0.960. The van der Waals surface area contributed by atoms with Crippen LogP contribution >= 0.6 is 0 Å². The third-order valence-corrected chi connectivity index (χ3v) is 3.63. The van der Waals surface area contributed by atoms with Gasteiger partial charge in [-0.2, -0.15) is 0 Å². The van der Waals surface area contributed by atoms with Crippen LogP contribution in [0.15, 0.2) is 30.3 Å². The van der Waals surface area contributed by atoms with Gasteiger partial charge in [-0.3, -0.25) is 4.79 Å². The van der Waals surface area contributed by atoms with Gasteiger partial charge in [0.1, 0.15) is 5.75 Å². The maximum Gasteiger partial charge on any atom is 0.226 e. The van der Waals surface area contributed by atoms with Gasteiger partial charge in [-0.05, 0) is 30.9 Å². The van der Waals surface area contributed by atoms with Gasteiger partial charge in [0.15, 0.2) is 0 Å². The Hall–Kier alpha value is -1.55. The molecule has 19 heavy (non-hydrogen) atoms. The number of ether oxygens (including phenoxy) is 1. The van der Waals surface area contributed by atoms with E-state index in [0.717, 1.165) is 5.75 Å². The molecule has 2 rings (SSSR count). The fraction of sp³-hybridized carbons (Fsp3) is 0.533. The smallest absolute Gasteiger partial charge is 0.226 e. The molecule has 1 aromatic rings. The summed E-state index contributed by atoms with van der Waals surface area (Å²) in [7, 11) is 1.85. The van der Waals surface area contributed by atoms with E-state index >= 15 is 0 Å². The Kier molecular flexibility index (Phi) is 4.80. The lowest BCUT2D eigenvalue weighted by atomic mass is 10.1. The van der Waals surface area contributed by atoms with E-state index in [1.54, 1.807) is 4.90 Å². The van der Waals surface area contributed by atoms with Gasteiger partial charge in [-0.1, -0.05) is 18.2 Å². The highest BCUT2D eigenvalue weighted by molar-refractivity contribution is 5.76. The highest BCUT2D eigenvalue weighted by Gasteiger charge is 2.34. The van der Waals surface area contributed by atoms with Crippen LogP contribution in [0.2, 0.25) is 0 Å². The summed E-state index contributed by atoms with van der Waals surface area (Å²) in [5.41, 5.74) is 5.75. The Morgan fingerprint density at radius 1 is 1.42 bits per heavy atom. The number of hydrogen-bond donors (Lipinski definition) is 1. The van der Waals surface area contributed by atoms with Gasteiger partial charge in [-0.25, -0.2) is 0 Å². The lowest BCUT2D eigenvalue weighted by Gasteiger charge is -2.27. The molecule has 0 aliphatic heterocycles. The molecular formula is C15H22N2O2. The van der Waals surface area contributed by atoms with Crippen LogP contribution in [0.4, 0.5) is 0 Å². The van der Waals surface area contributed by atoms with Crippen molar-refractivity contribution in [1.82, 2.24) is 4.90 Å². The lowest BCUT2D eigenvalue weighted by molar-refractivity contribution is -0.132. The molecule has 1 aliphatic rings. The quantitative estimate of drug-likeness (QED) is 0.813. The van der Waals surface area contributed by atoms with Gasteiger partial charge in [0.05, 0.1) is 13.0 Å². The third-order valence-electron chi connectivity index (χ3n) is 3.63. The summed E-state index contributed by atoms with van der Waals surface area (Å²) in [6, 6.07) is 9.75. The van der Waals surface area contributed by atoms with Gasteiger partial charge in [0.25, 0.3) is 0 Å². The normalized spacial score (nSPS) is 15.9. The summed E-state index contributed by atoms with van der Waals surface area (Å²) < 4.78 is 5.54. The zero-order chi connectivity index (χ0) is 13.7. The molecule has 1 aromatic carbocycles. The van der Waals surface area contributed by atoms with Crippen molar-refractivity contribution in [2.45, 2.75) is 25.3 Å². The molecule has 2 N–H and O–H groups in total. The summed E-state index contributed by atoms with van der Waals surface area (Å²) in [4.78, 5) is 13.9. The van der Waals surface area contributed by atoms with Crippen molar-refractivity contribution in [2.75, 3.05) is 20.2 Å². The van der Waals surface area contributed by atoms with Crippen LogP contribution in [0.3, 0.4) is 0 Å². The van der Waals surface area contributed by atoms with E-state index in [-0.39, 0.29) is 11.9 Å². The molecule has 1 saturated carbocycles. The molecule has 4 nitrogen and oxygen atoms in total. The fourth-order valence-electron chi connectivity index (χ4n) is 2.28. The summed E-state index contributed by atoms with van der Waals surface area (Å²) in [5.74, 6) is 1.52. The minimum absolute atomic E-state index is 0.110. The number of para-hydroxylation sites is 1. The highest BCUT2D eigenvalue weighted by Crippen LogP contribution is 2.34. The van der Waals surface area contributed by atoms with Crippen molar-refractivity contribution in [3.63, 3.8) is 0 Å². The Morgan fingerprint density at radius 3 is 2.68 bits per heavy atom. The SMILES string of the molecule is CN(C(=O)CCOc1ccccc1)C(CN)C1CC1. The molecule has 1 fully saturated rings. The minimum atomic E-state index is 0.110. The van der Waals surface area contributed by atoms with Crippen LogP contribution in [0, 0.1) is 5.92 Å². The van der Waals surface area contributed by atoms with E-state index in [0.29, 0.717) is 25.5 Å². The number of nitrogens with zero attached hydrogens (tertiary/aromatic N) is 1. The first-order valence-corrected chi connectivity index (χ1v) is 6.86. The number of rotatable bonds is 7. The predicted octanol–water partition coefficient (Wildman–Crippen LogP) is 1.65. The standard InChI is InChI=1S/C15H22N2O2/c1-17(14(11-16)12-7-8-12)15(18)9-10-19-13-5-3-2-4-6-13/h2-6,12,14H,7-11,16H2,1H3. The van der Waals surface area contributed by atoms with Crippen LogP contribution in [0.1, 0.15) is 19.3 Å². The van der Waals surface area contributed by atoms with E-state index in [4.69, 9.17) is 10.5 Å². The molecule has 0 radical (unpaired) electrons. The highest BCUT2D eigenvalue weighted by atomic mass is 16.5. The van der Waals surface area contributed by atoms with Gasteiger partial charge >= 0.3 is 0 Å². The van der Waals surface area contributed by atoms with E-state index in [1.165, 1.54) is 12.8 Å². The second-order valence-electron chi connectivity index (χ2n) is 5.06. The number of hydrogen-bond acceptors (Lipinski definition) is 3. The Morgan fingerprint density at radius 2 is 2.11 bits per heavy atom. The molecule has 1 amide bonds. The molecule has 0 aromatic heterocycles. The lowest BCUT2D eigenvalue weighted by Crippen LogP contribution is -2.43. The molecule has 0 heterocycles. The van der Waals surface area contributed by atoms with Crippen LogP contribution in [0.25, 0.3) is 0 Å². The first-order chi connectivity index (χ1) is 9.22. The van der Waals surface area contributed by atoms with Gasteiger partial charge < -0.3 is 15.4 Å². The summed E-state index contributed by atoms with van der Waals surface area (Å²) in [6.07, 6.45) is 2.79. The van der Waals surface area contributed by atoms with Crippen molar-refractivity contribution >= 4 is 5.91 Å². The van der Waals surface area contributed by atoms with E-state index in [1.807, 2.05) is 37.4 Å². The fourth-order valence-corrected chi connectivity index (χ4v) is 2.28. The van der Waals surface area contributed by atoms with E-state index in [2.05, 4.69) is 0 Å². The summed E-state index contributed by atoms with van der Waals surface area (Å²) in [5, 5.41) is 0. The van der Waals surface area contributed by atoms with Gasteiger partial charge in [0.2, 0.25) is 5.91 Å². The Balaban J connectivity index is 1.74. The molecule has 1 aliphatic carbocycles. The van der Waals surface area contributed by atoms with Crippen molar-refractivity contribution in [3.8, 4) is 5.75 Å². The van der Waals surface area contributed by atoms with Gasteiger partial charge in [-0.15, -0.1) is 0 Å². The molecule has 0 spiro atoms. The number of carbonyl (C=O) groups excluding carboxylic acids is 1. The molecular weight excluding hydrogens is 240 g/mol. The zero-order valence-corrected chi connectivity index (χ0v) is 11.4. The Bertz CT molecular complexity index is 404. The third kappa shape index (κ3) is 3.96. The van der Waals surface area contributed by atoms with E-state index < -0.39 is 0 Å². The molecule has 0 bridgehead atoms. The molecule has 0 saturated heterocycles. The summed E-state index contributed by atoms with van der Waals surface area (Å²) >= 11 is 0. The second-order valence-corrected chi connectivity index (χ2v) is 5.06. The number of likely N-dealkylation sites (N-methyl/N-ethyl adjacent to an activating group) is 1. The second kappa shape index (κ2) is 6.57. The number of carbonyl (C=O) groups is 1. The van der Waals surface area contributed by atoms with Crippen LogP contribution in [-0.2, 0) is 4.79 Å². The largest absolute Gasteiger partial charge is 0.493 e. The first-order valence-electron chi connectivity index (χ1n) is 6.86. The molecule has 1 atom stereocenters. The molecule has 1 unspecified atom stereocenters. The van der Waals surface area contributed by atoms with Gasteiger partial charge in [0, 0.05) is 19.6 Å². The monoisotopic (exact) mass is 262 g/mol. The average molecular weight is 262 g/mol. The molecule has 104 valence electrons. The predicted molar refractivity (Wildman–Crippen MR) is 74.9 cm³/mol. The number of nitrogens with two attached hydrogens (primary N) is 1.